The Hall–Kier alpha value is -2.57. The van der Waals surface area contributed by atoms with Crippen molar-refractivity contribution in [3.05, 3.63) is 59.7 Å². The first-order chi connectivity index (χ1) is 14.5. The van der Waals surface area contributed by atoms with Crippen LogP contribution in [0.2, 0.25) is 0 Å². The molecule has 0 saturated heterocycles. The Morgan fingerprint density at radius 3 is 2.23 bits per heavy atom. The quantitative estimate of drug-likeness (QED) is 0.511. The van der Waals surface area contributed by atoms with Crippen LogP contribution < -0.4 is 14.8 Å². The summed E-state index contributed by atoms with van der Waals surface area (Å²) in [5, 5.41) is 2.97. The van der Waals surface area contributed by atoms with Crippen molar-refractivity contribution in [2.24, 2.45) is 0 Å². The highest BCUT2D eigenvalue weighted by Crippen LogP contribution is 2.27. The van der Waals surface area contributed by atoms with Crippen LogP contribution in [0.3, 0.4) is 0 Å². The largest absolute Gasteiger partial charge is 0.493 e. The molecule has 2 rings (SSSR count). The molecule has 0 radical (unpaired) electrons. The first-order valence-corrected chi connectivity index (χ1v) is 10.4. The number of nitrogens with zero attached hydrogens (tertiary/aromatic N) is 2. The molecule has 0 aliphatic carbocycles. The van der Waals surface area contributed by atoms with E-state index in [9.17, 15) is 4.79 Å². The molecule has 0 aliphatic heterocycles. The summed E-state index contributed by atoms with van der Waals surface area (Å²) in [6, 6.07) is 15.7. The Morgan fingerprint density at radius 2 is 1.53 bits per heavy atom. The molecule has 0 fully saturated rings. The molecule has 6 heteroatoms. The van der Waals surface area contributed by atoms with Gasteiger partial charge in [0.25, 0.3) is 5.91 Å². The summed E-state index contributed by atoms with van der Waals surface area (Å²) in [5.41, 5.74) is 1.92. The van der Waals surface area contributed by atoms with Gasteiger partial charge in [-0.1, -0.05) is 30.3 Å². The summed E-state index contributed by atoms with van der Waals surface area (Å²) in [7, 11) is 7.44. The van der Waals surface area contributed by atoms with Crippen molar-refractivity contribution in [1.29, 1.82) is 0 Å². The van der Waals surface area contributed by atoms with Crippen LogP contribution in [0, 0.1) is 0 Å². The Bertz CT molecular complexity index is 768. The number of hydrogen-bond donors (Lipinski definition) is 1. The molecule has 1 amide bonds. The molecule has 30 heavy (non-hydrogen) atoms. The Morgan fingerprint density at radius 1 is 0.867 bits per heavy atom. The van der Waals surface area contributed by atoms with Gasteiger partial charge in [-0.3, -0.25) is 4.79 Å². The SMILES string of the molecule is COc1ccc(C(=O)NCCCN(C)CCCN(C)Cc2ccccc2)cc1OC. The highest BCUT2D eigenvalue weighted by atomic mass is 16.5. The molecule has 2 aromatic rings. The van der Waals surface area contributed by atoms with Crippen LogP contribution in [0.1, 0.15) is 28.8 Å². The Kier molecular flexibility index (Phi) is 10.2. The second-order valence-electron chi connectivity index (χ2n) is 7.56. The number of methoxy groups -OCH3 is 2. The maximum absolute atomic E-state index is 12.3. The van der Waals surface area contributed by atoms with E-state index in [1.807, 2.05) is 0 Å². The first kappa shape index (κ1) is 23.7. The van der Waals surface area contributed by atoms with Gasteiger partial charge in [-0.15, -0.1) is 0 Å². The van der Waals surface area contributed by atoms with E-state index >= 15 is 0 Å². The van der Waals surface area contributed by atoms with Gasteiger partial charge in [0.1, 0.15) is 0 Å². The van der Waals surface area contributed by atoms with Gasteiger partial charge >= 0.3 is 0 Å². The Balaban J connectivity index is 1.60. The van der Waals surface area contributed by atoms with Crippen LogP contribution in [0.15, 0.2) is 48.5 Å². The van der Waals surface area contributed by atoms with Gasteiger partial charge in [0.15, 0.2) is 11.5 Å². The van der Waals surface area contributed by atoms with E-state index in [4.69, 9.17) is 9.47 Å². The van der Waals surface area contributed by atoms with Gasteiger partial charge < -0.3 is 24.6 Å². The molecule has 0 aliphatic rings. The van der Waals surface area contributed by atoms with Crippen LogP contribution in [0.25, 0.3) is 0 Å². The molecule has 0 bridgehead atoms. The maximum Gasteiger partial charge on any atom is 0.251 e. The number of carbonyl (C=O) groups is 1. The highest BCUT2D eigenvalue weighted by Gasteiger charge is 2.10. The van der Waals surface area contributed by atoms with Crippen LogP contribution in [0.4, 0.5) is 0 Å². The van der Waals surface area contributed by atoms with E-state index in [0.29, 0.717) is 23.6 Å². The highest BCUT2D eigenvalue weighted by molar-refractivity contribution is 5.94. The van der Waals surface area contributed by atoms with Crippen LogP contribution in [-0.2, 0) is 6.54 Å². The lowest BCUT2D eigenvalue weighted by Gasteiger charge is -2.20. The molecule has 0 saturated carbocycles. The van der Waals surface area contributed by atoms with Crippen molar-refractivity contribution in [3.8, 4) is 11.5 Å². The van der Waals surface area contributed by atoms with Crippen LogP contribution in [-0.4, -0.2) is 70.2 Å². The third-order valence-corrected chi connectivity index (χ3v) is 5.02. The number of nitrogens with one attached hydrogen (secondary N) is 1. The van der Waals surface area contributed by atoms with Crippen molar-refractivity contribution in [3.63, 3.8) is 0 Å². The average Bonchev–Trinajstić information content (AvgIpc) is 2.76. The second kappa shape index (κ2) is 12.9. The second-order valence-corrected chi connectivity index (χ2v) is 7.56. The van der Waals surface area contributed by atoms with Crippen molar-refractivity contribution >= 4 is 5.91 Å². The number of ether oxygens (including phenoxy) is 2. The van der Waals surface area contributed by atoms with Gasteiger partial charge in [0.05, 0.1) is 14.2 Å². The number of carbonyl (C=O) groups excluding carboxylic acids is 1. The zero-order chi connectivity index (χ0) is 21.8. The fourth-order valence-electron chi connectivity index (χ4n) is 3.33. The molecule has 6 nitrogen and oxygen atoms in total. The number of hydrogen-bond acceptors (Lipinski definition) is 5. The molecular weight excluding hydrogens is 378 g/mol. The van der Waals surface area contributed by atoms with Crippen molar-refractivity contribution in [2.75, 3.05) is 54.5 Å². The van der Waals surface area contributed by atoms with E-state index in [1.165, 1.54) is 5.56 Å². The molecule has 0 spiro atoms. The zero-order valence-corrected chi connectivity index (χ0v) is 18.7. The molecule has 2 aromatic carbocycles. The molecule has 0 aromatic heterocycles. The third-order valence-electron chi connectivity index (χ3n) is 5.02. The number of benzene rings is 2. The number of rotatable bonds is 13. The van der Waals surface area contributed by atoms with Gasteiger partial charge in [-0.05, 0) is 70.3 Å². The van der Waals surface area contributed by atoms with E-state index in [2.05, 4.69) is 59.5 Å². The van der Waals surface area contributed by atoms with Crippen molar-refractivity contribution in [2.45, 2.75) is 19.4 Å². The van der Waals surface area contributed by atoms with E-state index in [-0.39, 0.29) is 5.91 Å². The minimum absolute atomic E-state index is 0.0962. The topological polar surface area (TPSA) is 54.0 Å². The lowest BCUT2D eigenvalue weighted by Crippen LogP contribution is -2.30. The third kappa shape index (κ3) is 8.05. The summed E-state index contributed by atoms with van der Waals surface area (Å²) in [4.78, 5) is 17.0. The van der Waals surface area contributed by atoms with Gasteiger partial charge in [0, 0.05) is 18.7 Å². The van der Waals surface area contributed by atoms with E-state index in [1.54, 1.807) is 32.4 Å². The molecular formula is C24H35N3O3. The molecule has 1 N–H and O–H groups in total. The van der Waals surface area contributed by atoms with Gasteiger partial charge in [-0.2, -0.15) is 0 Å². The summed E-state index contributed by atoms with van der Waals surface area (Å²) in [6.45, 7) is 4.69. The molecule has 0 heterocycles. The standard InChI is InChI=1S/C24H35N3O3/c1-26(16-9-17-27(2)19-20-10-6-5-7-11-20)15-8-14-25-24(28)21-12-13-22(29-3)23(18-21)30-4/h5-7,10-13,18H,8-9,14-17,19H2,1-4H3,(H,25,28). The maximum atomic E-state index is 12.3. The predicted molar refractivity (Wildman–Crippen MR) is 121 cm³/mol. The lowest BCUT2D eigenvalue weighted by molar-refractivity contribution is 0.0951. The summed E-state index contributed by atoms with van der Waals surface area (Å²) in [6.07, 6.45) is 2.03. The fourth-order valence-corrected chi connectivity index (χ4v) is 3.33. The smallest absolute Gasteiger partial charge is 0.251 e. The normalized spacial score (nSPS) is 11.0. The minimum Gasteiger partial charge on any atom is -0.493 e. The molecule has 0 unspecified atom stereocenters. The van der Waals surface area contributed by atoms with Crippen molar-refractivity contribution < 1.29 is 14.3 Å². The number of amides is 1. The van der Waals surface area contributed by atoms with E-state index < -0.39 is 0 Å². The lowest BCUT2D eigenvalue weighted by atomic mass is 10.2. The van der Waals surface area contributed by atoms with Gasteiger partial charge in [-0.25, -0.2) is 0 Å². The molecule has 0 atom stereocenters. The van der Waals surface area contributed by atoms with E-state index in [0.717, 1.165) is 39.0 Å². The summed E-state index contributed by atoms with van der Waals surface area (Å²) in [5.74, 6) is 1.08. The average molecular weight is 414 g/mol. The van der Waals surface area contributed by atoms with Crippen LogP contribution >= 0.6 is 0 Å². The predicted octanol–water partition coefficient (Wildman–Crippen LogP) is 3.28. The monoisotopic (exact) mass is 413 g/mol. The zero-order valence-electron chi connectivity index (χ0n) is 18.7. The summed E-state index contributed by atoms with van der Waals surface area (Å²) < 4.78 is 10.5. The van der Waals surface area contributed by atoms with Gasteiger partial charge in [0.2, 0.25) is 0 Å². The Labute approximate surface area is 180 Å². The summed E-state index contributed by atoms with van der Waals surface area (Å²) >= 11 is 0. The minimum atomic E-state index is -0.0962. The molecule has 164 valence electrons. The fraction of sp³-hybridized carbons (Fsp3) is 0.458. The first-order valence-electron chi connectivity index (χ1n) is 10.4. The van der Waals surface area contributed by atoms with Crippen LogP contribution in [0.5, 0.6) is 11.5 Å². The van der Waals surface area contributed by atoms with Crippen molar-refractivity contribution in [1.82, 2.24) is 15.1 Å².